The van der Waals surface area contributed by atoms with E-state index in [9.17, 15) is 9.59 Å². The van der Waals surface area contributed by atoms with Gasteiger partial charge in [-0.05, 0) is 32.1 Å². The van der Waals surface area contributed by atoms with Crippen LogP contribution in [0.5, 0.6) is 0 Å². The Morgan fingerprint density at radius 1 is 1.31 bits per heavy atom. The number of carbonyl (C=O) groups excluding carboxylic acids is 1. The van der Waals surface area contributed by atoms with Crippen LogP contribution in [0.2, 0.25) is 0 Å². The molecular weight excluding hydrogens is 210 g/mol. The molecule has 5 heteroatoms. The molecule has 2 aliphatic rings. The van der Waals surface area contributed by atoms with Crippen LogP contribution >= 0.6 is 0 Å². The van der Waals surface area contributed by atoms with Crippen molar-refractivity contribution in [3.8, 4) is 0 Å². The molecular formula is C11H17NO4. The van der Waals surface area contributed by atoms with Crippen molar-refractivity contribution in [1.29, 1.82) is 0 Å². The molecule has 90 valence electrons. The fourth-order valence-electron chi connectivity index (χ4n) is 2.21. The number of ether oxygens (including phenoxy) is 1. The second-order valence-corrected chi connectivity index (χ2v) is 4.64. The monoisotopic (exact) mass is 227 g/mol. The third-order valence-electron chi connectivity index (χ3n) is 3.51. The van der Waals surface area contributed by atoms with Gasteiger partial charge in [-0.1, -0.05) is 0 Å². The van der Waals surface area contributed by atoms with Gasteiger partial charge in [0.2, 0.25) is 5.91 Å². The lowest BCUT2D eigenvalue weighted by atomic mass is 9.76. The van der Waals surface area contributed by atoms with E-state index in [4.69, 9.17) is 9.84 Å². The number of nitrogens with one attached hydrogen (secondary N) is 1. The highest BCUT2D eigenvalue weighted by Crippen LogP contribution is 2.32. The quantitative estimate of drug-likeness (QED) is 0.737. The summed E-state index contributed by atoms with van der Waals surface area (Å²) in [7, 11) is 0. The van der Waals surface area contributed by atoms with Crippen LogP contribution in [0.3, 0.4) is 0 Å². The minimum atomic E-state index is -0.992. The molecule has 0 aromatic rings. The van der Waals surface area contributed by atoms with E-state index < -0.39 is 11.5 Å². The van der Waals surface area contributed by atoms with Crippen LogP contribution in [0.15, 0.2) is 0 Å². The predicted octanol–water partition coefficient (Wildman–Crippen LogP) is 0.536. The van der Waals surface area contributed by atoms with Gasteiger partial charge in [0.1, 0.15) is 5.54 Å². The van der Waals surface area contributed by atoms with E-state index in [0.29, 0.717) is 26.1 Å². The summed E-state index contributed by atoms with van der Waals surface area (Å²) >= 11 is 0. The Morgan fingerprint density at radius 2 is 2.06 bits per heavy atom. The molecule has 0 spiro atoms. The molecule has 1 atom stereocenters. The van der Waals surface area contributed by atoms with Gasteiger partial charge in [-0.3, -0.25) is 4.79 Å². The number of rotatable bonds is 3. The summed E-state index contributed by atoms with van der Waals surface area (Å²) < 4.78 is 5.22. The van der Waals surface area contributed by atoms with E-state index in [0.717, 1.165) is 19.3 Å². The summed E-state index contributed by atoms with van der Waals surface area (Å²) in [5, 5.41) is 11.8. The molecule has 16 heavy (non-hydrogen) atoms. The van der Waals surface area contributed by atoms with E-state index in [-0.39, 0.29) is 11.8 Å². The van der Waals surface area contributed by atoms with Crippen molar-refractivity contribution in [3.63, 3.8) is 0 Å². The van der Waals surface area contributed by atoms with Gasteiger partial charge in [0.15, 0.2) is 0 Å². The van der Waals surface area contributed by atoms with Crippen LogP contribution in [0.1, 0.15) is 32.1 Å². The highest BCUT2D eigenvalue weighted by atomic mass is 16.5. The van der Waals surface area contributed by atoms with Gasteiger partial charge in [-0.2, -0.15) is 0 Å². The first-order valence-corrected chi connectivity index (χ1v) is 5.77. The zero-order valence-electron chi connectivity index (χ0n) is 9.20. The van der Waals surface area contributed by atoms with Crippen LogP contribution < -0.4 is 5.32 Å². The first kappa shape index (κ1) is 11.4. The minimum absolute atomic E-state index is 0.165. The van der Waals surface area contributed by atoms with E-state index in [1.54, 1.807) is 0 Å². The normalized spacial score (nSPS) is 27.9. The largest absolute Gasteiger partial charge is 0.480 e. The van der Waals surface area contributed by atoms with Crippen LogP contribution in [0, 0.1) is 5.92 Å². The number of carboxylic acids is 1. The molecule has 1 aliphatic carbocycles. The van der Waals surface area contributed by atoms with Crippen molar-refractivity contribution in [2.24, 2.45) is 5.92 Å². The van der Waals surface area contributed by atoms with Gasteiger partial charge in [0.05, 0.1) is 12.5 Å². The van der Waals surface area contributed by atoms with E-state index in [2.05, 4.69) is 5.32 Å². The summed E-state index contributed by atoms with van der Waals surface area (Å²) in [5.41, 5.74) is -0.992. The third-order valence-corrected chi connectivity index (χ3v) is 3.51. The zero-order valence-corrected chi connectivity index (χ0v) is 9.20. The molecule has 2 fully saturated rings. The Bertz CT molecular complexity index is 292. The molecule has 2 rings (SSSR count). The molecule has 1 unspecified atom stereocenters. The Hall–Kier alpha value is -1.10. The van der Waals surface area contributed by atoms with Crippen molar-refractivity contribution < 1.29 is 19.4 Å². The maximum Gasteiger partial charge on any atom is 0.329 e. The minimum Gasteiger partial charge on any atom is -0.480 e. The van der Waals surface area contributed by atoms with Gasteiger partial charge in [-0.15, -0.1) is 0 Å². The fourth-order valence-corrected chi connectivity index (χ4v) is 2.21. The van der Waals surface area contributed by atoms with Crippen LogP contribution in [0.25, 0.3) is 0 Å². The van der Waals surface area contributed by atoms with Crippen molar-refractivity contribution >= 4 is 11.9 Å². The lowest BCUT2D eigenvalue weighted by molar-refractivity contribution is -0.153. The highest BCUT2D eigenvalue weighted by Gasteiger charge is 2.46. The van der Waals surface area contributed by atoms with Crippen LogP contribution in [0.4, 0.5) is 0 Å². The predicted molar refractivity (Wildman–Crippen MR) is 55.9 cm³/mol. The molecule has 1 amide bonds. The summed E-state index contributed by atoms with van der Waals surface area (Å²) in [5.74, 6) is -1.25. The molecule has 0 aromatic heterocycles. The number of aliphatic carboxylic acids is 1. The van der Waals surface area contributed by atoms with Crippen molar-refractivity contribution in [2.45, 2.75) is 37.6 Å². The number of carbonyl (C=O) groups is 2. The molecule has 0 bridgehead atoms. The first-order chi connectivity index (χ1) is 7.64. The zero-order chi connectivity index (χ0) is 11.6. The number of carboxylic acid groups (broad SMARTS) is 1. The molecule has 1 saturated heterocycles. The maximum absolute atomic E-state index is 11.9. The Kier molecular flexibility index (Phi) is 3.14. The van der Waals surface area contributed by atoms with Crippen molar-refractivity contribution in [3.05, 3.63) is 0 Å². The molecule has 1 saturated carbocycles. The smallest absolute Gasteiger partial charge is 0.329 e. The van der Waals surface area contributed by atoms with Gasteiger partial charge >= 0.3 is 5.97 Å². The summed E-state index contributed by atoms with van der Waals surface area (Å²) in [4.78, 5) is 22.9. The second-order valence-electron chi connectivity index (χ2n) is 4.64. The fraction of sp³-hybridized carbons (Fsp3) is 0.818. The molecule has 5 nitrogen and oxygen atoms in total. The van der Waals surface area contributed by atoms with E-state index >= 15 is 0 Å². The lowest BCUT2D eigenvalue weighted by Crippen LogP contribution is -2.60. The van der Waals surface area contributed by atoms with Crippen LogP contribution in [-0.2, 0) is 14.3 Å². The Balaban J connectivity index is 1.92. The molecule has 1 heterocycles. The summed E-state index contributed by atoms with van der Waals surface area (Å²) in [6.07, 6.45) is 3.62. The van der Waals surface area contributed by atoms with Crippen LogP contribution in [-0.4, -0.2) is 35.7 Å². The topological polar surface area (TPSA) is 75.6 Å². The maximum atomic E-state index is 11.9. The highest BCUT2D eigenvalue weighted by molar-refractivity contribution is 5.88. The van der Waals surface area contributed by atoms with Gasteiger partial charge in [0.25, 0.3) is 0 Å². The Morgan fingerprint density at radius 3 is 2.50 bits per heavy atom. The van der Waals surface area contributed by atoms with E-state index in [1.807, 2.05) is 0 Å². The molecule has 1 aliphatic heterocycles. The summed E-state index contributed by atoms with van der Waals surface area (Å²) in [6, 6.07) is 0. The van der Waals surface area contributed by atoms with Gasteiger partial charge < -0.3 is 15.2 Å². The summed E-state index contributed by atoms with van der Waals surface area (Å²) in [6.45, 7) is 1.12. The van der Waals surface area contributed by atoms with E-state index in [1.165, 1.54) is 0 Å². The lowest BCUT2D eigenvalue weighted by Gasteiger charge is -2.39. The SMILES string of the molecule is O=C(NC1(C(=O)O)CCC1)C1CCCOC1. The third kappa shape index (κ3) is 2.04. The molecule has 2 N–H and O–H groups in total. The Labute approximate surface area is 94.2 Å². The molecule has 0 aromatic carbocycles. The second kappa shape index (κ2) is 4.41. The van der Waals surface area contributed by atoms with Gasteiger partial charge in [0, 0.05) is 6.61 Å². The number of hydrogen-bond acceptors (Lipinski definition) is 3. The first-order valence-electron chi connectivity index (χ1n) is 5.77. The van der Waals surface area contributed by atoms with Crippen molar-refractivity contribution in [1.82, 2.24) is 5.32 Å². The molecule has 0 radical (unpaired) electrons. The van der Waals surface area contributed by atoms with Gasteiger partial charge in [-0.25, -0.2) is 4.79 Å². The average molecular weight is 227 g/mol. The number of amides is 1. The standard InChI is InChI=1S/C11H17NO4/c13-9(8-3-1-6-16-7-8)12-11(10(14)15)4-2-5-11/h8H,1-7H2,(H,12,13)(H,14,15). The average Bonchev–Trinajstić information content (AvgIpc) is 2.24. The number of hydrogen-bond donors (Lipinski definition) is 2. The van der Waals surface area contributed by atoms with Crippen molar-refractivity contribution in [2.75, 3.05) is 13.2 Å².